The van der Waals surface area contributed by atoms with Crippen molar-refractivity contribution in [3.05, 3.63) is 23.0 Å². The predicted molar refractivity (Wildman–Crippen MR) is 38.6 cm³/mol. The van der Waals surface area contributed by atoms with Crippen LogP contribution in [-0.2, 0) is 9.53 Å². The summed E-state index contributed by atoms with van der Waals surface area (Å²) in [5.41, 5.74) is 0. The van der Waals surface area contributed by atoms with E-state index in [0.717, 1.165) is 0 Å². The molecule has 0 saturated carbocycles. The molecule has 5 nitrogen and oxygen atoms in total. The summed E-state index contributed by atoms with van der Waals surface area (Å²) in [6.07, 6.45) is 0. The van der Waals surface area contributed by atoms with Gasteiger partial charge in [0.2, 0.25) is 17.3 Å². The molecule has 0 spiro atoms. The normalized spacial score (nSPS) is 17.8. The van der Waals surface area contributed by atoms with Crippen molar-refractivity contribution in [1.29, 1.82) is 0 Å². The molecule has 0 saturated heterocycles. The van der Waals surface area contributed by atoms with Gasteiger partial charge in [0.05, 0.1) is 0 Å². The summed E-state index contributed by atoms with van der Waals surface area (Å²) in [7, 11) is 0. The molecule has 3 N–H and O–H groups in total. The molecule has 0 aromatic rings. The molecule has 0 radical (unpaired) electrons. The average molecular weight is 172 g/mol. The van der Waals surface area contributed by atoms with Crippen molar-refractivity contribution in [2.24, 2.45) is 0 Å². The van der Waals surface area contributed by atoms with Gasteiger partial charge in [0.15, 0.2) is 11.5 Å². The Hall–Kier alpha value is -1.65. The van der Waals surface area contributed by atoms with Gasteiger partial charge in [-0.15, -0.1) is 0 Å². The van der Waals surface area contributed by atoms with Gasteiger partial charge in [0.1, 0.15) is 6.61 Å². The highest BCUT2D eigenvalue weighted by Gasteiger charge is 2.24. The molecule has 5 heteroatoms. The Morgan fingerprint density at radius 1 is 1.33 bits per heavy atom. The maximum absolute atomic E-state index is 10.7. The van der Waals surface area contributed by atoms with E-state index in [1.54, 1.807) is 0 Å². The lowest BCUT2D eigenvalue weighted by Crippen LogP contribution is -2.16. The molecule has 0 atom stereocenters. The van der Waals surface area contributed by atoms with E-state index in [0.29, 0.717) is 0 Å². The Balaban J connectivity index is 3.11. The summed E-state index contributed by atoms with van der Waals surface area (Å²) in [6.45, 7) is 0.881. The Morgan fingerprint density at radius 2 is 1.92 bits per heavy atom. The molecule has 1 aliphatic rings. The highest BCUT2D eigenvalue weighted by molar-refractivity contribution is 5.92. The Kier molecular flexibility index (Phi) is 1.95. The van der Waals surface area contributed by atoms with E-state index >= 15 is 0 Å². The fourth-order valence-electron chi connectivity index (χ4n) is 0.790. The zero-order valence-corrected chi connectivity index (χ0v) is 6.37. The van der Waals surface area contributed by atoms with Gasteiger partial charge in [-0.2, -0.15) is 0 Å². The minimum absolute atomic E-state index is 0.301. The maximum Gasteiger partial charge on any atom is 0.208 e. The van der Waals surface area contributed by atoms with Gasteiger partial charge in [0.25, 0.3) is 0 Å². The number of carbonyl (C=O) groups excluding carboxylic acids is 1. The van der Waals surface area contributed by atoms with Gasteiger partial charge in [-0.1, -0.05) is 0 Å². The maximum atomic E-state index is 10.7. The van der Waals surface area contributed by atoms with E-state index in [1.165, 1.54) is 6.92 Å². The number of rotatable bonds is 1. The number of ketones is 1. The van der Waals surface area contributed by atoms with Gasteiger partial charge < -0.3 is 20.1 Å². The number of carbonyl (C=O) groups is 1. The first-order chi connectivity index (χ1) is 5.54. The third-order valence-corrected chi connectivity index (χ3v) is 1.39. The first kappa shape index (κ1) is 8.45. The van der Waals surface area contributed by atoms with Crippen LogP contribution in [0.3, 0.4) is 0 Å². The molecule has 0 aliphatic carbocycles. The summed E-state index contributed by atoms with van der Waals surface area (Å²) in [5.74, 6) is -2.74. The monoisotopic (exact) mass is 172 g/mol. The van der Waals surface area contributed by atoms with Crippen LogP contribution in [-0.4, -0.2) is 27.7 Å². The van der Waals surface area contributed by atoms with Crippen molar-refractivity contribution in [1.82, 2.24) is 0 Å². The minimum Gasteiger partial charge on any atom is -0.505 e. The lowest BCUT2D eigenvalue weighted by atomic mass is 10.2. The highest BCUT2D eigenvalue weighted by Crippen LogP contribution is 2.20. The van der Waals surface area contributed by atoms with Crippen LogP contribution in [0, 0.1) is 0 Å². The number of aliphatic hydroxyl groups excluding tert-OH is 3. The molecule has 0 bridgehead atoms. The van der Waals surface area contributed by atoms with Crippen molar-refractivity contribution < 1.29 is 24.9 Å². The number of Topliss-reactive ketones (excluding diaryl/α,β-unsaturated/α-hetero) is 1. The largest absolute Gasteiger partial charge is 0.505 e. The number of allylic oxidation sites excluding steroid dienone is 1. The quantitative estimate of drug-likeness (QED) is 0.542. The van der Waals surface area contributed by atoms with Crippen LogP contribution in [0.25, 0.3) is 0 Å². The topological polar surface area (TPSA) is 87.0 Å². The lowest BCUT2D eigenvalue weighted by molar-refractivity contribution is -0.117. The SMILES string of the molecule is CC(=O)C1=C(O)C(O)=C(O)CO1. The zero-order chi connectivity index (χ0) is 9.30. The van der Waals surface area contributed by atoms with Crippen molar-refractivity contribution in [3.8, 4) is 0 Å². The fraction of sp³-hybridized carbons (Fsp3) is 0.286. The van der Waals surface area contributed by atoms with Crippen LogP contribution in [0.2, 0.25) is 0 Å². The summed E-state index contributed by atoms with van der Waals surface area (Å²) < 4.78 is 4.65. The first-order valence-corrected chi connectivity index (χ1v) is 3.22. The van der Waals surface area contributed by atoms with Gasteiger partial charge >= 0.3 is 0 Å². The molecule has 12 heavy (non-hydrogen) atoms. The zero-order valence-electron chi connectivity index (χ0n) is 6.37. The molecular weight excluding hydrogens is 164 g/mol. The van der Waals surface area contributed by atoms with E-state index in [1.807, 2.05) is 0 Å². The molecule has 1 rings (SSSR count). The van der Waals surface area contributed by atoms with Crippen LogP contribution in [0.1, 0.15) is 6.92 Å². The Morgan fingerprint density at radius 3 is 2.42 bits per heavy atom. The highest BCUT2D eigenvalue weighted by atomic mass is 16.5. The van der Waals surface area contributed by atoms with Gasteiger partial charge in [-0.3, -0.25) is 4.79 Å². The third kappa shape index (κ3) is 1.20. The number of hydrogen-bond donors (Lipinski definition) is 3. The molecule has 66 valence electrons. The van der Waals surface area contributed by atoms with Gasteiger partial charge in [-0.25, -0.2) is 0 Å². The van der Waals surface area contributed by atoms with E-state index in [9.17, 15) is 4.79 Å². The van der Waals surface area contributed by atoms with Crippen molar-refractivity contribution in [3.63, 3.8) is 0 Å². The smallest absolute Gasteiger partial charge is 0.208 e. The lowest BCUT2D eigenvalue weighted by Gasteiger charge is -2.15. The first-order valence-electron chi connectivity index (χ1n) is 3.22. The molecule has 1 aliphatic heterocycles. The molecule has 0 unspecified atom stereocenters. The molecular formula is C7H8O5. The minimum atomic E-state index is -0.716. The van der Waals surface area contributed by atoms with E-state index < -0.39 is 23.1 Å². The fourth-order valence-corrected chi connectivity index (χ4v) is 0.790. The van der Waals surface area contributed by atoms with Crippen molar-refractivity contribution in [2.45, 2.75) is 6.92 Å². The van der Waals surface area contributed by atoms with Crippen LogP contribution in [0.15, 0.2) is 23.0 Å². The van der Waals surface area contributed by atoms with Crippen LogP contribution >= 0.6 is 0 Å². The van der Waals surface area contributed by atoms with E-state index in [-0.39, 0.29) is 12.4 Å². The second-order valence-electron chi connectivity index (χ2n) is 2.32. The summed E-state index contributed by atoms with van der Waals surface area (Å²) in [6, 6.07) is 0. The van der Waals surface area contributed by atoms with E-state index in [2.05, 4.69) is 4.74 Å². The van der Waals surface area contributed by atoms with Crippen molar-refractivity contribution in [2.75, 3.05) is 6.61 Å². The number of aliphatic hydroxyl groups is 3. The predicted octanol–water partition coefficient (Wildman–Crippen LogP) is 0.703. The third-order valence-electron chi connectivity index (χ3n) is 1.39. The molecule has 0 aromatic carbocycles. The van der Waals surface area contributed by atoms with Crippen LogP contribution in [0.5, 0.6) is 0 Å². The molecule has 0 fully saturated rings. The summed E-state index contributed by atoms with van der Waals surface area (Å²) >= 11 is 0. The summed E-state index contributed by atoms with van der Waals surface area (Å²) in [5, 5.41) is 26.8. The average Bonchev–Trinajstić information content (AvgIpc) is 2.00. The van der Waals surface area contributed by atoms with Crippen LogP contribution in [0.4, 0.5) is 0 Å². The standard InChI is InChI=1S/C7H8O5/c1-3(8)7-6(11)5(10)4(9)2-12-7/h9-11H,2H2,1H3. The van der Waals surface area contributed by atoms with Gasteiger partial charge in [0, 0.05) is 6.92 Å². The molecule has 0 aromatic heterocycles. The van der Waals surface area contributed by atoms with Crippen molar-refractivity contribution >= 4 is 5.78 Å². The Labute approximate surface area is 68.2 Å². The summed E-state index contributed by atoms with van der Waals surface area (Å²) in [4.78, 5) is 10.7. The van der Waals surface area contributed by atoms with Crippen LogP contribution < -0.4 is 0 Å². The molecule has 0 amide bonds. The second-order valence-corrected chi connectivity index (χ2v) is 2.32. The second kappa shape index (κ2) is 2.77. The Bertz CT molecular complexity index is 286. The number of hydrogen-bond acceptors (Lipinski definition) is 5. The number of ether oxygens (including phenoxy) is 1. The van der Waals surface area contributed by atoms with Gasteiger partial charge in [-0.05, 0) is 0 Å². The molecule has 1 heterocycles. The van der Waals surface area contributed by atoms with E-state index in [4.69, 9.17) is 15.3 Å².